The summed E-state index contributed by atoms with van der Waals surface area (Å²) in [6.07, 6.45) is 1.76. The minimum atomic E-state index is -0.411. The Bertz CT molecular complexity index is 531. The van der Waals surface area contributed by atoms with Crippen molar-refractivity contribution >= 4 is 17.4 Å². The maximum Gasteiger partial charge on any atom is 0.341 e. The summed E-state index contributed by atoms with van der Waals surface area (Å²) in [4.78, 5) is 15.7. The molecular formula is C10H11N3O2. The number of carbonyl (C=O) groups excluding carboxylic acids is 1. The molecule has 2 rings (SSSR count). The number of pyridine rings is 1. The second-order valence-electron chi connectivity index (χ2n) is 3.19. The highest BCUT2D eigenvalue weighted by molar-refractivity contribution is 5.96. The number of nitrogen functional groups attached to an aromatic ring is 1. The molecule has 2 aromatic rings. The molecule has 0 unspecified atom stereocenters. The predicted octanol–water partition coefficient (Wildman–Crippen LogP) is 1.01. The van der Waals surface area contributed by atoms with Crippen molar-refractivity contribution in [1.29, 1.82) is 0 Å². The number of ether oxygens (including phenoxy) is 1. The monoisotopic (exact) mass is 205 g/mol. The van der Waals surface area contributed by atoms with Gasteiger partial charge in [0.25, 0.3) is 0 Å². The van der Waals surface area contributed by atoms with Gasteiger partial charge in [-0.15, -0.1) is 0 Å². The first-order valence-electron chi connectivity index (χ1n) is 4.46. The molecule has 0 aliphatic carbocycles. The lowest BCUT2D eigenvalue weighted by atomic mass is 10.3. The first kappa shape index (κ1) is 9.51. The molecule has 5 nitrogen and oxygen atoms in total. The SMILES string of the molecule is COC(=O)c1cccn2c(N)c(C)nc12. The fraction of sp³-hybridized carbons (Fsp3) is 0.200. The van der Waals surface area contributed by atoms with Crippen LogP contribution in [0.25, 0.3) is 5.65 Å². The van der Waals surface area contributed by atoms with Crippen LogP contribution in [0.5, 0.6) is 0 Å². The molecule has 2 N–H and O–H groups in total. The van der Waals surface area contributed by atoms with Gasteiger partial charge in [0.15, 0.2) is 5.65 Å². The lowest BCUT2D eigenvalue weighted by molar-refractivity contribution is 0.0602. The summed E-state index contributed by atoms with van der Waals surface area (Å²) in [5.74, 6) is 0.126. The maximum absolute atomic E-state index is 11.4. The number of carbonyl (C=O) groups is 1. The summed E-state index contributed by atoms with van der Waals surface area (Å²) in [5.41, 5.74) is 7.44. The summed E-state index contributed by atoms with van der Waals surface area (Å²) in [6.45, 7) is 1.80. The summed E-state index contributed by atoms with van der Waals surface area (Å²) in [7, 11) is 1.34. The van der Waals surface area contributed by atoms with Crippen LogP contribution in [0.1, 0.15) is 16.1 Å². The Kier molecular flexibility index (Phi) is 2.07. The smallest absolute Gasteiger partial charge is 0.341 e. The highest BCUT2D eigenvalue weighted by Gasteiger charge is 2.14. The first-order chi connectivity index (χ1) is 7.15. The Morgan fingerprint density at radius 3 is 3.00 bits per heavy atom. The van der Waals surface area contributed by atoms with E-state index in [4.69, 9.17) is 5.73 Å². The molecule has 2 heterocycles. The van der Waals surface area contributed by atoms with Gasteiger partial charge in [0, 0.05) is 6.20 Å². The summed E-state index contributed by atoms with van der Waals surface area (Å²) >= 11 is 0. The van der Waals surface area contributed by atoms with Crippen molar-refractivity contribution in [2.24, 2.45) is 0 Å². The molecule has 0 radical (unpaired) electrons. The average molecular weight is 205 g/mol. The highest BCUT2D eigenvalue weighted by Crippen LogP contribution is 2.17. The fourth-order valence-corrected chi connectivity index (χ4v) is 1.47. The van der Waals surface area contributed by atoms with E-state index >= 15 is 0 Å². The van der Waals surface area contributed by atoms with Crippen LogP contribution in [0.2, 0.25) is 0 Å². The number of nitrogens with two attached hydrogens (primary N) is 1. The third kappa shape index (κ3) is 1.32. The number of hydrogen-bond donors (Lipinski definition) is 1. The number of nitrogens with zero attached hydrogens (tertiary/aromatic N) is 2. The number of imidazole rings is 1. The summed E-state index contributed by atoms with van der Waals surface area (Å²) in [6, 6.07) is 3.39. The Morgan fingerprint density at radius 1 is 1.60 bits per heavy atom. The van der Waals surface area contributed by atoms with Crippen LogP contribution in [-0.2, 0) is 4.74 Å². The van der Waals surface area contributed by atoms with Crippen LogP contribution in [0, 0.1) is 6.92 Å². The zero-order valence-electron chi connectivity index (χ0n) is 8.52. The lowest BCUT2D eigenvalue weighted by Gasteiger charge is -2.01. The maximum atomic E-state index is 11.4. The van der Waals surface area contributed by atoms with E-state index < -0.39 is 5.97 Å². The van der Waals surface area contributed by atoms with Crippen LogP contribution < -0.4 is 5.73 Å². The molecule has 0 saturated carbocycles. The molecular weight excluding hydrogens is 194 g/mol. The van der Waals surface area contributed by atoms with E-state index in [9.17, 15) is 4.79 Å². The fourth-order valence-electron chi connectivity index (χ4n) is 1.47. The van der Waals surface area contributed by atoms with E-state index in [0.717, 1.165) is 0 Å². The molecule has 5 heteroatoms. The van der Waals surface area contributed by atoms with Crippen molar-refractivity contribution in [3.8, 4) is 0 Å². The van der Waals surface area contributed by atoms with Crippen molar-refractivity contribution in [3.63, 3.8) is 0 Å². The lowest BCUT2D eigenvalue weighted by Crippen LogP contribution is -2.04. The zero-order chi connectivity index (χ0) is 11.0. The first-order valence-corrected chi connectivity index (χ1v) is 4.46. The standard InChI is InChI=1S/C10H11N3O2/c1-6-8(11)13-5-3-4-7(9(13)12-6)10(14)15-2/h3-5H,11H2,1-2H3. The van der Waals surface area contributed by atoms with Gasteiger partial charge in [-0.25, -0.2) is 9.78 Å². The Labute approximate surface area is 86.5 Å². The van der Waals surface area contributed by atoms with Crippen molar-refractivity contribution < 1.29 is 9.53 Å². The molecule has 0 atom stereocenters. The van der Waals surface area contributed by atoms with Crippen molar-refractivity contribution in [2.75, 3.05) is 12.8 Å². The van der Waals surface area contributed by atoms with Crippen molar-refractivity contribution in [2.45, 2.75) is 6.92 Å². The Balaban J connectivity index is 2.77. The summed E-state index contributed by atoms with van der Waals surface area (Å²) < 4.78 is 6.33. The Morgan fingerprint density at radius 2 is 2.33 bits per heavy atom. The van der Waals surface area contributed by atoms with Gasteiger partial charge in [-0.05, 0) is 19.1 Å². The van der Waals surface area contributed by atoms with E-state index in [1.165, 1.54) is 7.11 Å². The topological polar surface area (TPSA) is 69.6 Å². The number of anilines is 1. The molecule has 0 fully saturated rings. The van der Waals surface area contributed by atoms with E-state index in [2.05, 4.69) is 9.72 Å². The van der Waals surface area contributed by atoms with Gasteiger partial charge in [-0.1, -0.05) is 0 Å². The minimum Gasteiger partial charge on any atom is -0.465 e. The van der Waals surface area contributed by atoms with Gasteiger partial charge in [0.1, 0.15) is 11.4 Å². The molecule has 0 bridgehead atoms. The number of methoxy groups -OCH3 is 1. The molecule has 0 amide bonds. The zero-order valence-corrected chi connectivity index (χ0v) is 8.52. The van der Waals surface area contributed by atoms with Gasteiger partial charge < -0.3 is 10.5 Å². The quantitative estimate of drug-likeness (QED) is 0.705. The molecule has 0 aromatic carbocycles. The minimum absolute atomic E-state index is 0.411. The predicted molar refractivity (Wildman–Crippen MR) is 55.7 cm³/mol. The number of rotatable bonds is 1. The van der Waals surface area contributed by atoms with Crippen LogP contribution in [0.3, 0.4) is 0 Å². The van der Waals surface area contributed by atoms with Gasteiger partial charge >= 0.3 is 5.97 Å². The molecule has 2 aromatic heterocycles. The molecule has 15 heavy (non-hydrogen) atoms. The van der Waals surface area contributed by atoms with E-state index in [-0.39, 0.29) is 0 Å². The van der Waals surface area contributed by atoms with E-state index in [1.54, 1.807) is 29.7 Å². The number of hydrogen-bond acceptors (Lipinski definition) is 4. The van der Waals surface area contributed by atoms with Crippen LogP contribution in [-0.4, -0.2) is 22.5 Å². The number of aromatic nitrogens is 2. The van der Waals surface area contributed by atoms with E-state index in [1.807, 2.05) is 0 Å². The third-order valence-corrected chi connectivity index (χ3v) is 2.28. The van der Waals surface area contributed by atoms with Gasteiger partial charge in [0.2, 0.25) is 0 Å². The largest absolute Gasteiger partial charge is 0.465 e. The molecule has 0 aliphatic rings. The van der Waals surface area contributed by atoms with Crippen LogP contribution >= 0.6 is 0 Å². The second kappa shape index (κ2) is 3.27. The molecule has 0 aliphatic heterocycles. The van der Waals surface area contributed by atoms with E-state index in [0.29, 0.717) is 22.7 Å². The van der Waals surface area contributed by atoms with Crippen LogP contribution in [0.4, 0.5) is 5.82 Å². The second-order valence-corrected chi connectivity index (χ2v) is 3.19. The number of fused-ring (bicyclic) bond motifs is 1. The third-order valence-electron chi connectivity index (χ3n) is 2.28. The normalized spacial score (nSPS) is 10.5. The number of esters is 1. The van der Waals surface area contributed by atoms with Crippen molar-refractivity contribution in [1.82, 2.24) is 9.38 Å². The summed E-state index contributed by atoms with van der Waals surface area (Å²) in [5, 5.41) is 0. The van der Waals surface area contributed by atoms with Gasteiger partial charge in [-0.3, -0.25) is 4.40 Å². The molecule has 0 saturated heterocycles. The average Bonchev–Trinajstić information content (AvgIpc) is 2.54. The van der Waals surface area contributed by atoms with Gasteiger partial charge in [-0.2, -0.15) is 0 Å². The Hall–Kier alpha value is -2.04. The highest BCUT2D eigenvalue weighted by atomic mass is 16.5. The number of aryl methyl sites for hydroxylation is 1. The van der Waals surface area contributed by atoms with Crippen LogP contribution in [0.15, 0.2) is 18.3 Å². The van der Waals surface area contributed by atoms with Crippen molar-refractivity contribution in [3.05, 3.63) is 29.6 Å². The molecule has 78 valence electrons. The van der Waals surface area contributed by atoms with Gasteiger partial charge in [0.05, 0.1) is 12.8 Å². The molecule has 0 spiro atoms.